The van der Waals surface area contributed by atoms with Crippen molar-refractivity contribution in [2.24, 2.45) is 0 Å². The second-order valence-corrected chi connectivity index (χ2v) is 4.81. The normalized spacial score (nSPS) is 9.00. The fourth-order valence-corrected chi connectivity index (χ4v) is 2.15. The highest BCUT2D eigenvalue weighted by Crippen LogP contribution is 2.35. The number of aryl methyl sites for hydroxylation is 1. The Morgan fingerprint density at radius 1 is 1.00 bits per heavy atom. The summed E-state index contributed by atoms with van der Waals surface area (Å²) < 4.78 is 0. The molecule has 126 valence electrons. The molecule has 0 amide bonds. The number of carbonyl (C=O) groups is 1. The number of aromatic carboxylic acids is 1. The van der Waals surface area contributed by atoms with Gasteiger partial charge in [-0.25, -0.2) is 4.79 Å². The molecule has 0 bridgehead atoms. The molecule has 5 heteroatoms. The molecule has 0 aromatic heterocycles. The molecule has 0 fully saturated rings. The second-order valence-electron chi connectivity index (χ2n) is 4.03. The SMILES string of the molecule is CC.CC.Cc1ccc(Cl)c(Nc2ccccc2C(=O)O)c1Cl. The quantitative estimate of drug-likeness (QED) is 0.636. The molecule has 0 saturated carbocycles. The van der Waals surface area contributed by atoms with E-state index in [0.29, 0.717) is 21.4 Å². The van der Waals surface area contributed by atoms with Gasteiger partial charge in [0.1, 0.15) is 0 Å². The predicted octanol–water partition coefficient (Wildman–Crippen LogP) is 6.80. The van der Waals surface area contributed by atoms with Gasteiger partial charge in [-0.2, -0.15) is 0 Å². The minimum Gasteiger partial charge on any atom is -0.478 e. The lowest BCUT2D eigenvalue weighted by atomic mass is 10.1. The molecule has 2 aromatic carbocycles. The summed E-state index contributed by atoms with van der Waals surface area (Å²) in [7, 11) is 0. The van der Waals surface area contributed by atoms with Crippen LogP contribution in [-0.2, 0) is 0 Å². The van der Waals surface area contributed by atoms with Crippen molar-refractivity contribution in [1.29, 1.82) is 0 Å². The van der Waals surface area contributed by atoms with Crippen molar-refractivity contribution in [3.63, 3.8) is 0 Å². The average molecular weight is 356 g/mol. The smallest absolute Gasteiger partial charge is 0.337 e. The van der Waals surface area contributed by atoms with Crippen molar-refractivity contribution in [2.75, 3.05) is 5.32 Å². The number of carboxylic acids is 1. The molecular weight excluding hydrogens is 333 g/mol. The lowest BCUT2D eigenvalue weighted by molar-refractivity contribution is 0.0698. The van der Waals surface area contributed by atoms with Gasteiger partial charge in [0.25, 0.3) is 0 Å². The lowest BCUT2D eigenvalue weighted by Gasteiger charge is -2.13. The number of carboxylic acid groups (broad SMARTS) is 1. The maximum absolute atomic E-state index is 11.1. The van der Waals surface area contributed by atoms with Gasteiger partial charge in [-0.1, -0.05) is 69.1 Å². The number of hydrogen-bond donors (Lipinski definition) is 2. The highest BCUT2D eigenvalue weighted by atomic mass is 35.5. The molecule has 23 heavy (non-hydrogen) atoms. The highest BCUT2D eigenvalue weighted by Gasteiger charge is 2.13. The third kappa shape index (κ3) is 5.77. The molecule has 3 nitrogen and oxygen atoms in total. The van der Waals surface area contributed by atoms with Crippen molar-refractivity contribution in [3.05, 3.63) is 57.6 Å². The number of halogens is 2. The number of para-hydroxylation sites is 1. The molecule has 0 radical (unpaired) electrons. The Labute approximate surface area is 148 Å². The Balaban J connectivity index is 0.00000112. The summed E-state index contributed by atoms with van der Waals surface area (Å²) in [5.74, 6) is -1.01. The molecule has 2 rings (SSSR count). The molecule has 0 unspecified atom stereocenters. The van der Waals surface area contributed by atoms with Crippen LogP contribution in [0.25, 0.3) is 0 Å². The molecule has 2 aromatic rings. The monoisotopic (exact) mass is 355 g/mol. The predicted molar refractivity (Wildman–Crippen MR) is 101 cm³/mol. The molecule has 0 aliphatic rings. The topological polar surface area (TPSA) is 49.3 Å². The van der Waals surface area contributed by atoms with Crippen LogP contribution < -0.4 is 5.32 Å². The molecule has 0 spiro atoms. The van der Waals surface area contributed by atoms with Crippen molar-refractivity contribution in [3.8, 4) is 0 Å². The van der Waals surface area contributed by atoms with Crippen molar-refractivity contribution < 1.29 is 9.90 Å². The summed E-state index contributed by atoms with van der Waals surface area (Å²) in [5, 5.41) is 13.0. The van der Waals surface area contributed by atoms with E-state index in [0.717, 1.165) is 5.56 Å². The summed E-state index contributed by atoms with van der Waals surface area (Å²) in [6.07, 6.45) is 0. The van der Waals surface area contributed by atoms with Gasteiger partial charge in [0, 0.05) is 0 Å². The van der Waals surface area contributed by atoms with Crippen molar-refractivity contribution >= 4 is 40.5 Å². The summed E-state index contributed by atoms with van der Waals surface area (Å²) in [6.45, 7) is 9.85. The van der Waals surface area contributed by atoms with E-state index in [1.54, 1.807) is 30.3 Å². The first-order valence-electron chi connectivity index (χ1n) is 7.54. The van der Waals surface area contributed by atoms with E-state index in [4.69, 9.17) is 28.3 Å². The minimum atomic E-state index is -1.01. The van der Waals surface area contributed by atoms with Crippen LogP contribution in [0, 0.1) is 6.92 Å². The van der Waals surface area contributed by atoms with Gasteiger partial charge in [-0.15, -0.1) is 0 Å². The van der Waals surface area contributed by atoms with Gasteiger partial charge in [-0.05, 0) is 30.7 Å². The second kappa shape index (κ2) is 10.9. The van der Waals surface area contributed by atoms with Crippen LogP contribution in [0.3, 0.4) is 0 Å². The highest BCUT2D eigenvalue weighted by molar-refractivity contribution is 6.39. The van der Waals surface area contributed by atoms with E-state index in [1.165, 1.54) is 6.07 Å². The molecule has 0 aliphatic heterocycles. The molecule has 0 heterocycles. The summed E-state index contributed by atoms with van der Waals surface area (Å²) >= 11 is 12.3. The van der Waals surface area contributed by atoms with E-state index in [1.807, 2.05) is 34.6 Å². The van der Waals surface area contributed by atoms with E-state index in [-0.39, 0.29) is 5.56 Å². The van der Waals surface area contributed by atoms with Crippen LogP contribution in [0.2, 0.25) is 10.0 Å². The van der Waals surface area contributed by atoms with Gasteiger partial charge in [-0.3, -0.25) is 0 Å². The molecular formula is C18H23Cl2NO2. The molecule has 0 aliphatic carbocycles. The minimum absolute atomic E-state index is 0.163. The Morgan fingerprint density at radius 2 is 1.57 bits per heavy atom. The van der Waals surface area contributed by atoms with Gasteiger partial charge in [0.05, 0.1) is 27.0 Å². The van der Waals surface area contributed by atoms with E-state index in [9.17, 15) is 4.79 Å². The number of rotatable bonds is 3. The first-order valence-corrected chi connectivity index (χ1v) is 8.30. The Kier molecular flexibility index (Phi) is 10.1. The Morgan fingerprint density at radius 3 is 2.13 bits per heavy atom. The Bertz CT molecular complexity index is 643. The fraction of sp³-hybridized carbons (Fsp3) is 0.278. The molecule has 0 atom stereocenters. The fourth-order valence-electron chi connectivity index (χ4n) is 1.68. The van der Waals surface area contributed by atoms with E-state index < -0.39 is 5.97 Å². The maximum Gasteiger partial charge on any atom is 0.337 e. The number of nitrogens with one attached hydrogen (secondary N) is 1. The number of anilines is 2. The van der Waals surface area contributed by atoms with Crippen LogP contribution in [0.15, 0.2) is 36.4 Å². The number of hydrogen-bond acceptors (Lipinski definition) is 2. The zero-order valence-corrected chi connectivity index (χ0v) is 15.6. The first-order chi connectivity index (χ1) is 11.0. The molecule has 0 saturated heterocycles. The van der Waals surface area contributed by atoms with Crippen LogP contribution in [0.4, 0.5) is 11.4 Å². The largest absolute Gasteiger partial charge is 0.478 e. The van der Waals surface area contributed by atoms with Gasteiger partial charge in [0.15, 0.2) is 0 Å². The van der Waals surface area contributed by atoms with Gasteiger partial charge >= 0.3 is 5.97 Å². The van der Waals surface area contributed by atoms with Gasteiger partial charge < -0.3 is 10.4 Å². The third-order valence-electron chi connectivity index (χ3n) is 2.70. The lowest BCUT2D eigenvalue weighted by Crippen LogP contribution is -2.03. The van der Waals surface area contributed by atoms with Crippen LogP contribution >= 0.6 is 23.2 Å². The summed E-state index contributed by atoms with van der Waals surface area (Å²) in [6, 6.07) is 10.1. The van der Waals surface area contributed by atoms with Crippen molar-refractivity contribution in [2.45, 2.75) is 34.6 Å². The zero-order valence-electron chi connectivity index (χ0n) is 14.1. The maximum atomic E-state index is 11.1. The van der Waals surface area contributed by atoms with E-state index >= 15 is 0 Å². The molecule has 2 N–H and O–H groups in total. The van der Waals surface area contributed by atoms with Crippen LogP contribution in [-0.4, -0.2) is 11.1 Å². The summed E-state index contributed by atoms with van der Waals surface area (Å²) in [4.78, 5) is 11.1. The first kappa shape index (κ1) is 21.3. The van der Waals surface area contributed by atoms with Crippen molar-refractivity contribution in [1.82, 2.24) is 0 Å². The number of benzene rings is 2. The summed E-state index contributed by atoms with van der Waals surface area (Å²) in [5.41, 5.74) is 1.99. The van der Waals surface area contributed by atoms with E-state index in [2.05, 4.69) is 5.32 Å². The zero-order chi connectivity index (χ0) is 18.0. The third-order valence-corrected chi connectivity index (χ3v) is 3.50. The van der Waals surface area contributed by atoms with Gasteiger partial charge in [0.2, 0.25) is 0 Å². The average Bonchev–Trinajstić information content (AvgIpc) is 2.59. The standard InChI is InChI=1S/C14H11Cl2NO2.2C2H6/c1-8-6-7-10(15)13(12(8)16)17-11-5-3-2-4-9(11)14(18)19;2*1-2/h2-7,17H,1H3,(H,18,19);2*1-2H3. The van der Waals surface area contributed by atoms with Crippen LogP contribution in [0.5, 0.6) is 0 Å². The Hall–Kier alpha value is -1.71. The van der Waals surface area contributed by atoms with Crippen LogP contribution in [0.1, 0.15) is 43.6 Å².